The van der Waals surface area contributed by atoms with Crippen LogP contribution in [0.1, 0.15) is 25.3 Å². The van der Waals surface area contributed by atoms with E-state index in [9.17, 15) is 0 Å². The number of anilines is 1. The van der Waals surface area contributed by atoms with E-state index in [0.717, 1.165) is 36.0 Å². The summed E-state index contributed by atoms with van der Waals surface area (Å²) in [5, 5.41) is 0. The van der Waals surface area contributed by atoms with Crippen molar-refractivity contribution >= 4 is 17.4 Å². The monoisotopic (exact) mass is 239 g/mol. The van der Waals surface area contributed by atoms with E-state index < -0.39 is 0 Å². The molecule has 0 spiro atoms. The maximum absolute atomic E-state index is 5.92. The molecule has 90 valence electrons. The summed E-state index contributed by atoms with van der Waals surface area (Å²) in [6.07, 6.45) is 2.34. The van der Waals surface area contributed by atoms with Crippen molar-refractivity contribution in [1.29, 1.82) is 0 Å². The van der Waals surface area contributed by atoms with Crippen molar-refractivity contribution < 1.29 is 4.74 Å². The molecule has 0 unspecified atom stereocenters. The summed E-state index contributed by atoms with van der Waals surface area (Å²) in [7, 11) is 0. The zero-order valence-electron chi connectivity index (χ0n) is 10.2. The first-order valence-electron chi connectivity index (χ1n) is 5.80. The Balaban J connectivity index is 2.21. The van der Waals surface area contributed by atoms with Crippen LogP contribution in [0.25, 0.3) is 0 Å². The highest BCUT2D eigenvalue weighted by Gasteiger charge is 1.99. The molecule has 0 amide bonds. The van der Waals surface area contributed by atoms with Crippen LogP contribution < -0.4 is 5.73 Å². The summed E-state index contributed by atoms with van der Waals surface area (Å²) in [5.41, 5.74) is 8.01. The fourth-order valence-electron chi connectivity index (χ4n) is 1.36. The normalized spacial score (nSPS) is 10.6. The van der Waals surface area contributed by atoms with E-state index >= 15 is 0 Å². The van der Waals surface area contributed by atoms with Crippen molar-refractivity contribution in [1.82, 2.24) is 0 Å². The van der Waals surface area contributed by atoms with Gasteiger partial charge in [-0.15, -0.1) is 11.8 Å². The number of ether oxygens (including phenoxy) is 1. The highest BCUT2D eigenvalue weighted by atomic mass is 32.2. The second kappa shape index (κ2) is 7.58. The minimum Gasteiger partial charge on any atom is -0.398 e. The standard InChI is InChI=1S/C13H21NOS/c1-3-4-7-15-8-9-16-13-6-5-11(2)10-12(13)14/h5-6,10H,3-4,7-9,14H2,1-2H3. The summed E-state index contributed by atoms with van der Waals surface area (Å²) in [6, 6.07) is 6.19. The van der Waals surface area contributed by atoms with Crippen LogP contribution in [0.3, 0.4) is 0 Å². The molecule has 1 aromatic rings. The minimum absolute atomic E-state index is 0.804. The number of hydrogen-bond donors (Lipinski definition) is 1. The first kappa shape index (κ1) is 13.4. The van der Waals surface area contributed by atoms with E-state index in [4.69, 9.17) is 10.5 Å². The van der Waals surface area contributed by atoms with Crippen LogP contribution in [-0.2, 0) is 4.74 Å². The molecule has 3 heteroatoms. The van der Waals surface area contributed by atoms with Crippen LogP contribution in [0.5, 0.6) is 0 Å². The van der Waals surface area contributed by atoms with Crippen LogP contribution in [0.4, 0.5) is 5.69 Å². The largest absolute Gasteiger partial charge is 0.398 e. The van der Waals surface area contributed by atoms with E-state index in [1.54, 1.807) is 11.8 Å². The topological polar surface area (TPSA) is 35.2 Å². The lowest BCUT2D eigenvalue weighted by Gasteiger charge is -2.06. The van der Waals surface area contributed by atoms with E-state index in [-0.39, 0.29) is 0 Å². The molecule has 0 saturated carbocycles. The second-order valence-electron chi connectivity index (χ2n) is 3.86. The maximum Gasteiger partial charge on any atom is 0.0560 e. The molecule has 2 N–H and O–H groups in total. The molecule has 0 atom stereocenters. The van der Waals surface area contributed by atoms with Gasteiger partial charge < -0.3 is 10.5 Å². The quantitative estimate of drug-likeness (QED) is 0.449. The molecule has 2 nitrogen and oxygen atoms in total. The summed E-state index contributed by atoms with van der Waals surface area (Å²) in [4.78, 5) is 1.16. The van der Waals surface area contributed by atoms with E-state index in [0.29, 0.717) is 0 Å². The van der Waals surface area contributed by atoms with Crippen LogP contribution in [0.15, 0.2) is 23.1 Å². The van der Waals surface area contributed by atoms with Gasteiger partial charge >= 0.3 is 0 Å². The van der Waals surface area contributed by atoms with Gasteiger partial charge in [0.15, 0.2) is 0 Å². The Kier molecular flexibility index (Phi) is 6.34. The molecule has 0 bridgehead atoms. The first-order valence-corrected chi connectivity index (χ1v) is 6.79. The second-order valence-corrected chi connectivity index (χ2v) is 4.99. The average Bonchev–Trinajstić information content (AvgIpc) is 2.26. The molecule has 1 aromatic carbocycles. The molecule has 0 heterocycles. The lowest BCUT2D eigenvalue weighted by molar-refractivity contribution is 0.147. The third-order valence-electron chi connectivity index (χ3n) is 2.29. The third-order valence-corrected chi connectivity index (χ3v) is 3.35. The van der Waals surface area contributed by atoms with Crippen molar-refractivity contribution in [2.24, 2.45) is 0 Å². The van der Waals surface area contributed by atoms with E-state index in [1.807, 2.05) is 6.07 Å². The molecule has 0 saturated heterocycles. The summed E-state index contributed by atoms with van der Waals surface area (Å²) in [5.74, 6) is 0.969. The number of nitrogen functional groups attached to an aromatic ring is 1. The number of aryl methyl sites for hydroxylation is 1. The molecular formula is C13H21NOS. The minimum atomic E-state index is 0.804. The Morgan fingerprint density at radius 2 is 2.12 bits per heavy atom. The van der Waals surface area contributed by atoms with Crippen LogP contribution in [0.2, 0.25) is 0 Å². The molecule has 1 rings (SSSR count). The fraction of sp³-hybridized carbons (Fsp3) is 0.538. The molecule has 0 aliphatic heterocycles. The van der Waals surface area contributed by atoms with Gasteiger partial charge in [-0.05, 0) is 31.0 Å². The van der Waals surface area contributed by atoms with Gasteiger partial charge in [0, 0.05) is 22.9 Å². The Morgan fingerprint density at radius 1 is 1.31 bits per heavy atom. The first-order chi connectivity index (χ1) is 7.74. The Labute approximate surface area is 103 Å². The molecule has 16 heavy (non-hydrogen) atoms. The number of unbranched alkanes of at least 4 members (excludes halogenated alkanes) is 1. The molecule has 0 radical (unpaired) electrons. The van der Waals surface area contributed by atoms with Gasteiger partial charge in [-0.1, -0.05) is 19.4 Å². The maximum atomic E-state index is 5.92. The summed E-state index contributed by atoms with van der Waals surface area (Å²) >= 11 is 1.76. The van der Waals surface area contributed by atoms with Crippen molar-refractivity contribution in [2.45, 2.75) is 31.6 Å². The van der Waals surface area contributed by atoms with Crippen molar-refractivity contribution in [2.75, 3.05) is 24.7 Å². The molecule has 0 aliphatic carbocycles. The number of nitrogens with two attached hydrogens (primary N) is 1. The zero-order chi connectivity index (χ0) is 11.8. The van der Waals surface area contributed by atoms with Gasteiger partial charge in [0.2, 0.25) is 0 Å². The van der Waals surface area contributed by atoms with Gasteiger partial charge in [0.1, 0.15) is 0 Å². The average molecular weight is 239 g/mol. The summed E-state index contributed by atoms with van der Waals surface area (Å²) < 4.78 is 5.50. The van der Waals surface area contributed by atoms with E-state index in [1.165, 1.54) is 12.0 Å². The predicted molar refractivity (Wildman–Crippen MR) is 72.0 cm³/mol. The van der Waals surface area contributed by atoms with Crippen molar-refractivity contribution in [3.63, 3.8) is 0 Å². The molecule has 0 fully saturated rings. The zero-order valence-corrected chi connectivity index (χ0v) is 11.0. The Bertz CT molecular complexity index is 315. The third kappa shape index (κ3) is 4.90. The van der Waals surface area contributed by atoms with Crippen molar-refractivity contribution in [3.8, 4) is 0 Å². The van der Waals surface area contributed by atoms with Gasteiger partial charge in [-0.2, -0.15) is 0 Å². The SMILES string of the molecule is CCCCOCCSc1ccc(C)cc1N. The number of rotatable bonds is 7. The van der Waals surface area contributed by atoms with Crippen LogP contribution in [0, 0.1) is 6.92 Å². The lowest BCUT2D eigenvalue weighted by atomic mass is 10.2. The predicted octanol–water partition coefficient (Wildman–Crippen LogP) is 3.49. The van der Waals surface area contributed by atoms with Gasteiger partial charge in [0.25, 0.3) is 0 Å². The highest BCUT2D eigenvalue weighted by Crippen LogP contribution is 2.25. The molecule has 0 aromatic heterocycles. The number of thioether (sulfide) groups is 1. The molecule has 0 aliphatic rings. The van der Waals surface area contributed by atoms with E-state index in [2.05, 4.69) is 26.0 Å². The number of benzene rings is 1. The van der Waals surface area contributed by atoms with Crippen molar-refractivity contribution in [3.05, 3.63) is 23.8 Å². The highest BCUT2D eigenvalue weighted by molar-refractivity contribution is 7.99. The van der Waals surface area contributed by atoms with Gasteiger partial charge in [0.05, 0.1) is 6.61 Å². The lowest BCUT2D eigenvalue weighted by Crippen LogP contribution is -1.99. The van der Waals surface area contributed by atoms with Crippen LogP contribution in [-0.4, -0.2) is 19.0 Å². The van der Waals surface area contributed by atoms with Gasteiger partial charge in [-0.25, -0.2) is 0 Å². The Hall–Kier alpha value is -0.670. The van der Waals surface area contributed by atoms with Gasteiger partial charge in [-0.3, -0.25) is 0 Å². The summed E-state index contributed by atoms with van der Waals surface area (Å²) in [6.45, 7) is 5.90. The fourth-order valence-corrected chi connectivity index (χ4v) is 2.17. The van der Waals surface area contributed by atoms with Crippen LogP contribution >= 0.6 is 11.8 Å². The smallest absolute Gasteiger partial charge is 0.0560 e. The number of hydrogen-bond acceptors (Lipinski definition) is 3. The Morgan fingerprint density at radius 3 is 2.81 bits per heavy atom. The molecular weight excluding hydrogens is 218 g/mol.